The smallest absolute Gasteiger partial charge is 0.295 e. The zero-order valence-electron chi connectivity index (χ0n) is 16.4. The molecule has 3 rings (SSSR count). The van der Waals surface area contributed by atoms with Crippen molar-refractivity contribution in [2.75, 3.05) is 34.3 Å². The number of methoxy groups -OCH3 is 1. The minimum atomic E-state index is -0.836. The van der Waals surface area contributed by atoms with Crippen LogP contribution in [0.4, 0.5) is 4.39 Å². The maximum atomic E-state index is 13.8. The van der Waals surface area contributed by atoms with E-state index >= 15 is 0 Å². The SMILES string of the molecule is COc1ccc(F)cc1C(O)=C1C(=O)C(=O)N(CCN(C)C)C1c1cccnc1. The fourth-order valence-corrected chi connectivity index (χ4v) is 3.31. The third kappa shape index (κ3) is 3.97. The van der Waals surface area contributed by atoms with Crippen molar-refractivity contribution in [3.05, 3.63) is 65.2 Å². The summed E-state index contributed by atoms with van der Waals surface area (Å²) in [6.45, 7) is 0.793. The van der Waals surface area contributed by atoms with Gasteiger partial charge >= 0.3 is 0 Å². The van der Waals surface area contributed by atoms with Crippen molar-refractivity contribution in [2.45, 2.75) is 6.04 Å². The number of hydrogen-bond acceptors (Lipinski definition) is 6. The summed E-state index contributed by atoms with van der Waals surface area (Å²) < 4.78 is 19.0. The summed E-state index contributed by atoms with van der Waals surface area (Å²) in [7, 11) is 5.08. The number of aliphatic hydroxyl groups is 1. The Bertz CT molecular complexity index is 960. The second-order valence-electron chi connectivity index (χ2n) is 6.93. The van der Waals surface area contributed by atoms with Gasteiger partial charge in [0.25, 0.3) is 11.7 Å². The molecule has 1 unspecified atom stereocenters. The molecule has 1 fully saturated rings. The van der Waals surface area contributed by atoms with E-state index in [0.29, 0.717) is 12.1 Å². The molecule has 2 aromatic rings. The fraction of sp³-hybridized carbons (Fsp3) is 0.286. The Labute approximate surface area is 168 Å². The van der Waals surface area contributed by atoms with Gasteiger partial charge < -0.3 is 19.6 Å². The molecule has 0 saturated carbocycles. The van der Waals surface area contributed by atoms with E-state index in [0.717, 1.165) is 6.07 Å². The lowest BCUT2D eigenvalue weighted by atomic mass is 9.96. The van der Waals surface area contributed by atoms with Crippen molar-refractivity contribution in [3.8, 4) is 5.75 Å². The summed E-state index contributed by atoms with van der Waals surface area (Å²) >= 11 is 0. The minimum Gasteiger partial charge on any atom is -0.507 e. The van der Waals surface area contributed by atoms with Crippen molar-refractivity contribution >= 4 is 17.4 Å². The molecule has 1 aliphatic rings. The van der Waals surface area contributed by atoms with E-state index in [9.17, 15) is 19.1 Å². The van der Waals surface area contributed by atoms with E-state index in [4.69, 9.17) is 4.74 Å². The standard InChI is InChI=1S/C21H22FN3O4/c1-24(2)9-10-25-18(13-5-4-8-23-12-13)17(20(27)21(25)28)19(26)15-11-14(22)6-7-16(15)29-3/h4-8,11-12,18,26H,9-10H2,1-3H3. The van der Waals surface area contributed by atoms with Gasteiger partial charge in [0.15, 0.2) is 0 Å². The number of nitrogens with zero attached hydrogens (tertiary/aromatic N) is 3. The number of benzene rings is 1. The molecule has 7 nitrogen and oxygen atoms in total. The van der Waals surface area contributed by atoms with E-state index in [2.05, 4.69) is 4.98 Å². The number of likely N-dealkylation sites (N-methyl/N-ethyl adjacent to an activating group) is 1. The molecule has 0 spiro atoms. The Balaban J connectivity index is 2.19. The number of hydrogen-bond donors (Lipinski definition) is 1. The van der Waals surface area contributed by atoms with E-state index in [1.165, 1.54) is 30.3 Å². The molecular weight excluding hydrogens is 377 g/mol. The van der Waals surface area contributed by atoms with Crippen LogP contribution in [0.25, 0.3) is 5.76 Å². The van der Waals surface area contributed by atoms with Gasteiger partial charge in [0.05, 0.1) is 24.3 Å². The number of amides is 1. The molecule has 1 amide bonds. The van der Waals surface area contributed by atoms with Crippen LogP contribution in [-0.4, -0.2) is 65.9 Å². The molecule has 0 radical (unpaired) electrons. The molecule has 152 valence electrons. The van der Waals surface area contributed by atoms with Crippen molar-refractivity contribution in [2.24, 2.45) is 0 Å². The zero-order chi connectivity index (χ0) is 21.1. The highest BCUT2D eigenvalue weighted by atomic mass is 19.1. The first-order valence-electron chi connectivity index (χ1n) is 9.02. The lowest BCUT2D eigenvalue weighted by Crippen LogP contribution is -2.35. The molecule has 1 saturated heterocycles. The molecule has 29 heavy (non-hydrogen) atoms. The topological polar surface area (TPSA) is 83.0 Å². The largest absolute Gasteiger partial charge is 0.507 e. The second kappa shape index (κ2) is 8.40. The number of aromatic nitrogens is 1. The first-order valence-corrected chi connectivity index (χ1v) is 9.02. The van der Waals surface area contributed by atoms with Crippen LogP contribution in [0.5, 0.6) is 5.75 Å². The monoisotopic (exact) mass is 399 g/mol. The van der Waals surface area contributed by atoms with E-state index < -0.39 is 29.3 Å². The van der Waals surface area contributed by atoms with E-state index in [-0.39, 0.29) is 23.4 Å². The number of likely N-dealkylation sites (tertiary alicyclic amines) is 1. The predicted molar refractivity (Wildman–Crippen MR) is 105 cm³/mol. The molecule has 0 aliphatic carbocycles. The van der Waals surface area contributed by atoms with Crippen LogP contribution in [-0.2, 0) is 9.59 Å². The molecule has 1 N–H and O–H groups in total. The molecule has 2 heterocycles. The van der Waals surface area contributed by atoms with Gasteiger partial charge in [0.2, 0.25) is 0 Å². The van der Waals surface area contributed by atoms with E-state index in [1.54, 1.807) is 18.3 Å². The van der Waals surface area contributed by atoms with Crippen LogP contribution in [0.15, 0.2) is 48.3 Å². The number of carbonyl (C=O) groups is 2. The molecule has 1 aromatic carbocycles. The quantitative estimate of drug-likeness (QED) is 0.456. The molecule has 1 aliphatic heterocycles. The number of ketones is 1. The van der Waals surface area contributed by atoms with Gasteiger partial charge in [-0.2, -0.15) is 0 Å². The first kappa shape index (κ1) is 20.5. The molecule has 1 atom stereocenters. The summed E-state index contributed by atoms with van der Waals surface area (Å²) in [5, 5.41) is 11.0. The zero-order valence-corrected chi connectivity index (χ0v) is 16.4. The Morgan fingerprint density at radius 1 is 1.31 bits per heavy atom. The van der Waals surface area contributed by atoms with Gasteiger partial charge in [0, 0.05) is 25.5 Å². The molecule has 8 heteroatoms. The van der Waals surface area contributed by atoms with Gasteiger partial charge in [-0.1, -0.05) is 6.07 Å². The molecule has 1 aromatic heterocycles. The van der Waals surface area contributed by atoms with Crippen LogP contribution in [0.3, 0.4) is 0 Å². The van der Waals surface area contributed by atoms with Crippen LogP contribution in [0.1, 0.15) is 17.2 Å². The summed E-state index contributed by atoms with van der Waals surface area (Å²) in [6.07, 6.45) is 3.11. The molecular formula is C21H22FN3O4. The summed E-state index contributed by atoms with van der Waals surface area (Å²) in [5.41, 5.74) is 0.458. The van der Waals surface area contributed by atoms with Crippen LogP contribution in [0.2, 0.25) is 0 Å². The third-order valence-corrected chi connectivity index (χ3v) is 4.74. The molecule has 0 bridgehead atoms. The van der Waals surface area contributed by atoms with Gasteiger partial charge in [0.1, 0.15) is 17.3 Å². The lowest BCUT2D eigenvalue weighted by molar-refractivity contribution is -0.140. The maximum absolute atomic E-state index is 13.8. The lowest BCUT2D eigenvalue weighted by Gasteiger charge is -2.26. The van der Waals surface area contributed by atoms with Crippen LogP contribution in [0, 0.1) is 5.82 Å². The van der Waals surface area contributed by atoms with Crippen LogP contribution < -0.4 is 4.74 Å². The number of pyridine rings is 1. The van der Waals surface area contributed by atoms with Gasteiger partial charge in [-0.05, 0) is 43.9 Å². The van der Waals surface area contributed by atoms with Gasteiger partial charge in [-0.3, -0.25) is 14.6 Å². The number of ether oxygens (including phenoxy) is 1. The number of carbonyl (C=O) groups excluding carboxylic acids is 2. The first-order chi connectivity index (χ1) is 13.8. The Morgan fingerprint density at radius 3 is 2.69 bits per heavy atom. The van der Waals surface area contributed by atoms with Crippen molar-refractivity contribution in [1.29, 1.82) is 0 Å². The van der Waals surface area contributed by atoms with Gasteiger partial charge in [-0.25, -0.2) is 4.39 Å². The van der Waals surface area contributed by atoms with E-state index in [1.807, 2.05) is 19.0 Å². The van der Waals surface area contributed by atoms with Crippen molar-refractivity contribution in [1.82, 2.24) is 14.8 Å². The summed E-state index contributed by atoms with van der Waals surface area (Å²) in [6, 6.07) is 6.18. The van der Waals surface area contributed by atoms with Crippen molar-refractivity contribution < 1.29 is 23.8 Å². The Hall–Kier alpha value is -3.26. The predicted octanol–water partition coefficient (Wildman–Crippen LogP) is 2.21. The normalized spacial score (nSPS) is 18.5. The Kier molecular flexibility index (Phi) is 5.93. The summed E-state index contributed by atoms with van der Waals surface area (Å²) in [5.74, 6) is -2.46. The van der Waals surface area contributed by atoms with Crippen LogP contribution >= 0.6 is 0 Å². The minimum absolute atomic E-state index is 0.00648. The third-order valence-electron chi connectivity index (χ3n) is 4.74. The van der Waals surface area contributed by atoms with Gasteiger partial charge in [-0.15, -0.1) is 0 Å². The second-order valence-corrected chi connectivity index (χ2v) is 6.93. The van der Waals surface area contributed by atoms with Crippen molar-refractivity contribution in [3.63, 3.8) is 0 Å². The Morgan fingerprint density at radius 2 is 2.07 bits per heavy atom. The number of aliphatic hydroxyl groups excluding tert-OH is 1. The number of Topliss-reactive ketones (excluding diaryl/α,β-unsaturated/α-hetero) is 1. The summed E-state index contributed by atoms with van der Waals surface area (Å²) in [4.78, 5) is 33.0. The maximum Gasteiger partial charge on any atom is 0.295 e. The number of halogens is 1. The average molecular weight is 399 g/mol. The number of rotatable bonds is 6. The fourth-order valence-electron chi connectivity index (χ4n) is 3.31. The average Bonchev–Trinajstić information content (AvgIpc) is 2.97. The highest BCUT2D eigenvalue weighted by Gasteiger charge is 2.46. The highest BCUT2D eigenvalue weighted by molar-refractivity contribution is 6.46. The highest BCUT2D eigenvalue weighted by Crippen LogP contribution is 2.40.